The number of hydrogen-bond donors (Lipinski definition) is 0. The molecule has 0 unspecified atom stereocenters. The van der Waals surface area contributed by atoms with Crippen LogP contribution in [0.2, 0.25) is 0 Å². The van der Waals surface area contributed by atoms with E-state index < -0.39 is 0 Å². The van der Waals surface area contributed by atoms with Crippen LogP contribution in [0.5, 0.6) is 5.75 Å². The molecular formula is C50H50N2O2. The number of hydrogen-bond acceptors (Lipinski definition) is 4. The second-order valence-electron chi connectivity index (χ2n) is 12.1. The summed E-state index contributed by atoms with van der Waals surface area (Å²) < 4.78 is 11.5. The predicted molar refractivity (Wildman–Crippen MR) is 236 cm³/mol. The van der Waals surface area contributed by atoms with Gasteiger partial charge in [-0.1, -0.05) is 147 Å². The fraction of sp³-hybridized carbons (Fsp3) is 0.120. The molecule has 0 spiro atoms. The highest BCUT2D eigenvalue weighted by Crippen LogP contribution is 2.32. The van der Waals surface area contributed by atoms with Gasteiger partial charge in [0.05, 0.1) is 12.8 Å². The highest BCUT2D eigenvalue weighted by molar-refractivity contribution is 6.13. The lowest BCUT2D eigenvalue weighted by atomic mass is 9.96. The molecule has 54 heavy (non-hydrogen) atoms. The molecule has 0 saturated carbocycles. The Bertz CT molecular complexity index is 2220. The molecule has 0 aliphatic heterocycles. The molecule has 1 aromatic heterocycles. The number of ether oxygens (including phenoxy) is 1. The Balaban J connectivity index is 0.00000209. The summed E-state index contributed by atoms with van der Waals surface area (Å²) >= 11 is 0. The van der Waals surface area contributed by atoms with Crippen LogP contribution < -0.4 is 4.74 Å². The average Bonchev–Trinajstić information content (AvgIpc) is 3.57. The number of rotatable bonds is 14. The molecule has 0 aliphatic carbocycles. The monoisotopic (exact) mass is 710 g/mol. The minimum Gasteiger partial charge on any atom is -0.497 e. The van der Waals surface area contributed by atoms with E-state index in [0.29, 0.717) is 0 Å². The van der Waals surface area contributed by atoms with Crippen LogP contribution in [-0.4, -0.2) is 26.6 Å². The third kappa shape index (κ3) is 11.2. The Hall–Kier alpha value is -6.52. The minimum atomic E-state index is 0.728. The Morgan fingerprint density at radius 2 is 1.43 bits per heavy atom. The van der Waals surface area contributed by atoms with Crippen LogP contribution in [0.15, 0.2) is 185 Å². The fourth-order valence-corrected chi connectivity index (χ4v) is 5.58. The molecule has 0 aliphatic rings. The maximum atomic E-state index is 6.06. The standard InChI is InChI=1S/C48H45NO2.C2H5N/c1-6-10-14-20-42(34-46(49-33-12-8-3)41-18-15-13-16-19-41)40-27-25-39(26-28-40)38-23-21-37(22-24-38)36(17-11-7-2)29-31-44-45-35-43(50-5)30-32-48(45)51-47(44)9-4;1-3-2/h6-7,9-35H,4,8H2,1-3,5H3;1H2,2H3/b10-6+,11-7+,20-14+,31-29-,33-12-,36-17+,42-34+,49-46+;. The second-order valence-corrected chi connectivity index (χ2v) is 12.1. The van der Waals surface area contributed by atoms with E-state index in [0.717, 1.165) is 79.1 Å². The Kier molecular flexibility index (Phi) is 16.2. The van der Waals surface area contributed by atoms with Crippen molar-refractivity contribution in [3.63, 3.8) is 0 Å². The summed E-state index contributed by atoms with van der Waals surface area (Å²) in [5.74, 6) is 1.51. The minimum absolute atomic E-state index is 0.728. The van der Waals surface area contributed by atoms with Gasteiger partial charge in [-0.15, -0.1) is 0 Å². The average molecular weight is 711 g/mol. The van der Waals surface area contributed by atoms with E-state index in [1.807, 2.05) is 74.7 Å². The molecule has 5 aromatic rings. The van der Waals surface area contributed by atoms with E-state index in [1.165, 1.54) is 0 Å². The molecule has 0 bridgehead atoms. The van der Waals surface area contributed by atoms with Crippen LogP contribution in [0, 0.1) is 0 Å². The van der Waals surface area contributed by atoms with E-state index in [-0.39, 0.29) is 0 Å². The maximum Gasteiger partial charge on any atom is 0.135 e. The summed E-state index contributed by atoms with van der Waals surface area (Å²) in [7, 11) is 3.31. The molecule has 0 fully saturated rings. The maximum absolute atomic E-state index is 6.06. The molecule has 4 nitrogen and oxygen atoms in total. The number of fused-ring (bicyclic) bond motifs is 1. The first kappa shape index (κ1) is 40.3. The van der Waals surface area contributed by atoms with Crippen molar-refractivity contribution in [3.8, 4) is 16.9 Å². The first-order valence-electron chi connectivity index (χ1n) is 18.1. The first-order valence-corrected chi connectivity index (χ1v) is 18.1. The predicted octanol–water partition coefficient (Wildman–Crippen LogP) is 13.7. The van der Waals surface area contributed by atoms with Crippen LogP contribution in [0.1, 0.15) is 55.2 Å². The van der Waals surface area contributed by atoms with Crippen molar-refractivity contribution in [2.45, 2.75) is 27.2 Å². The number of furan rings is 1. The highest BCUT2D eigenvalue weighted by Gasteiger charge is 2.12. The van der Waals surface area contributed by atoms with Gasteiger partial charge >= 0.3 is 0 Å². The summed E-state index contributed by atoms with van der Waals surface area (Å²) in [6.07, 6.45) is 27.5. The van der Waals surface area contributed by atoms with Crippen LogP contribution in [0.3, 0.4) is 0 Å². The van der Waals surface area contributed by atoms with E-state index in [4.69, 9.17) is 14.1 Å². The van der Waals surface area contributed by atoms with Gasteiger partial charge in [0.25, 0.3) is 0 Å². The van der Waals surface area contributed by atoms with Gasteiger partial charge in [-0.05, 0) is 96.8 Å². The van der Waals surface area contributed by atoms with E-state index >= 15 is 0 Å². The molecule has 0 atom stereocenters. The summed E-state index contributed by atoms with van der Waals surface area (Å²) in [5.41, 5.74) is 10.4. The normalized spacial score (nSPS) is 12.7. The van der Waals surface area contributed by atoms with Crippen molar-refractivity contribution < 1.29 is 9.15 Å². The van der Waals surface area contributed by atoms with Gasteiger partial charge in [-0.3, -0.25) is 4.99 Å². The largest absolute Gasteiger partial charge is 0.497 e. The van der Waals surface area contributed by atoms with Gasteiger partial charge in [-0.2, -0.15) is 0 Å². The smallest absolute Gasteiger partial charge is 0.135 e. The molecule has 4 heteroatoms. The number of methoxy groups -OCH3 is 1. The SMILES string of the molecule is C=Cc1oc2ccc(OC)cc2c1\C=C/C(=C\C=C\C)c1ccc(-c2ccc(C(/C=C/C=C/C)=C/C(=N\C=C/CC)c3ccccc3)cc2)cc1.C=NC. The van der Waals surface area contributed by atoms with E-state index in [1.54, 1.807) is 20.2 Å². The summed E-state index contributed by atoms with van der Waals surface area (Å²) in [5, 5.41) is 0.983. The topological polar surface area (TPSA) is 47.1 Å². The van der Waals surface area contributed by atoms with Gasteiger partial charge in [0.15, 0.2) is 0 Å². The lowest BCUT2D eigenvalue weighted by molar-refractivity contribution is 0.415. The molecule has 0 N–H and O–H groups in total. The van der Waals surface area contributed by atoms with Crippen LogP contribution in [0.4, 0.5) is 0 Å². The van der Waals surface area contributed by atoms with E-state index in [2.05, 4.69) is 134 Å². The van der Waals surface area contributed by atoms with E-state index in [9.17, 15) is 0 Å². The Morgan fingerprint density at radius 3 is 2.02 bits per heavy atom. The summed E-state index contributed by atoms with van der Waals surface area (Å²) in [4.78, 5) is 8.07. The van der Waals surface area contributed by atoms with Crippen molar-refractivity contribution in [1.29, 1.82) is 0 Å². The quantitative estimate of drug-likeness (QED) is 0.0851. The third-order valence-corrected chi connectivity index (χ3v) is 8.31. The zero-order valence-electron chi connectivity index (χ0n) is 32.1. The number of benzene rings is 4. The lowest BCUT2D eigenvalue weighted by Gasteiger charge is -2.09. The summed E-state index contributed by atoms with van der Waals surface area (Å²) in [6.45, 7) is 13.2. The molecule has 1 heterocycles. The van der Waals surface area contributed by atoms with Crippen LogP contribution in [-0.2, 0) is 0 Å². The second kappa shape index (κ2) is 21.8. The van der Waals surface area contributed by atoms with Gasteiger partial charge in [-0.25, -0.2) is 0 Å². The van der Waals surface area contributed by atoms with Crippen molar-refractivity contribution in [2.75, 3.05) is 14.2 Å². The summed E-state index contributed by atoms with van der Waals surface area (Å²) in [6, 6.07) is 33.6. The zero-order valence-corrected chi connectivity index (χ0v) is 32.1. The lowest BCUT2D eigenvalue weighted by Crippen LogP contribution is -1.98. The van der Waals surface area contributed by atoms with Crippen LogP contribution in [0.25, 0.3) is 45.4 Å². The van der Waals surface area contributed by atoms with Crippen molar-refractivity contribution in [2.24, 2.45) is 9.98 Å². The number of nitrogens with zero attached hydrogens (tertiary/aromatic N) is 2. The fourth-order valence-electron chi connectivity index (χ4n) is 5.58. The molecule has 0 amide bonds. The van der Waals surface area contributed by atoms with Gasteiger partial charge < -0.3 is 14.1 Å². The molecule has 4 aromatic carbocycles. The van der Waals surface area contributed by atoms with Gasteiger partial charge in [0.1, 0.15) is 17.1 Å². The number of aliphatic imine (C=N–C) groups is 2. The molecule has 5 rings (SSSR count). The van der Waals surface area contributed by atoms with Crippen molar-refractivity contribution in [3.05, 3.63) is 199 Å². The van der Waals surface area contributed by atoms with Gasteiger partial charge in [0.2, 0.25) is 0 Å². The molecular weight excluding hydrogens is 661 g/mol. The third-order valence-electron chi connectivity index (χ3n) is 8.31. The van der Waals surface area contributed by atoms with Gasteiger partial charge in [0, 0.05) is 29.8 Å². The molecule has 0 radical (unpaired) electrons. The zero-order chi connectivity index (χ0) is 38.5. The first-order chi connectivity index (χ1) is 26.5. The highest BCUT2D eigenvalue weighted by atomic mass is 16.5. The Labute approximate surface area is 321 Å². The molecule has 0 saturated heterocycles. The number of allylic oxidation sites excluding steroid dienone is 12. The Morgan fingerprint density at radius 1 is 0.778 bits per heavy atom. The van der Waals surface area contributed by atoms with Crippen molar-refractivity contribution in [1.82, 2.24) is 0 Å². The molecule has 272 valence electrons. The van der Waals surface area contributed by atoms with Crippen LogP contribution >= 0.6 is 0 Å². The van der Waals surface area contributed by atoms with Crippen molar-refractivity contribution >= 4 is 46.7 Å².